The molecular weight excluding hydrogens is 292 g/mol. The molecule has 0 atom stereocenters. The predicted molar refractivity (Wildman–Crippen MR) is 80.6 cm³/mol. The molecule has 118 valence electrons. The molecule has 0 spiro atoms. The highest BCUT2D eigenvalue weighted by molar-refractivity contribution is 7.89. The Morgan fingerprint density at radius 3 is 2.43 bits per heavy atom. The molecule has 7 heteroatoms. The van der Waals surface area contributed by atoms with Crippen LogP contribution < -0.4 is 15.2 Å². The minimum Gasteiger partial charge on any atom is -0.491 e. The van der Waals surface area contributed by atoms with Crippen molar-refractivity contribution >= 4 is 15.9 Å². The Morgan fingerprint density at radius 1 is 1.29 bits per heavy atom. The number of nitrogens with one attached hydrogen (secondary N) is 1. The van der Waals surface area contributed by atoms with Gasteiger partial charge in [0.1, 0.15) is 12.4 Å². The molecule has 6 nitrogen and oxygen atoms in total. The third kappa shape index (κ3) is 5.02. The van der Waals surface area contributed by atoms with Gasteiger partial charge >= 0.3 is 0 Å². The lowest BCUT2D eigenvalue weighted by atomic mass is 10.1. The van der Waals surface area contributed by atoms with Crippen LogP contribution in [0.2, 0.25) is 0 Å². The lowest BCUT2D eigenvalue weighted by molar-refractivity contribution is -0.124. The number of ether oxygens (including phenoxy) is 1. The molecule has 0 radical (unpaired) electrons. The van der Waals surface area contributed by atoms with Crippen molar-refractivity contribution in [2.45, 2.75) is 32.6 Å². The Labute approximate surface area is 125 Å². The van der Waals surface area contributed by atoms with Crippen LogP contribution in [0.25, 0.3) is 0 Å². The van der Waals surface area contributed by atoms with E-state index in [0.717, 1.165) is 0 Å². The van der Waals surface area contributed by atoms with E-state index in [2.05, 4.69) is 5.32 Å². The van der Waals surface area contributed by atoms with Crippen LogP contribution in [-0.4, -0.2) is 27.5 Å². The summed E-state index contributed by atoms with van der Waals surface area (Å²) in [6, 6.07) is 3.13. The van der Waals surface area contributed by atoms with E-state index in [-0.39, 0.29) is 16.7 Å². The van der Waals surface area contributed by atoms with E-state index in [1.165, 1.54) is 6.07 Å². The number of hydrogen-bond donors (Lipinski definition) is 2. The number of carbonyl (C=O) groups is 1. The molecule has 3 N–H and O–H groups in total. The van der Waals surface area contributed by atoms with Gasteiger partial charge in [-0.15, -0.1) is 0 Å². The van der Waals surface area contributed by atoms with Gasteiger partial charge in [0.2, 0.25) is 15.9 Å². The average Bonchev–Trinajstić information content (AvgIpc) is 2.36. The molecule has 1 aromatic rings. The number of nitrogens with two attached hydrogens (primary N) is 1. The van der Waals surface area contributed by atoms with Crippen LogP contribution in [0.15, 0.2) is 17.0 Å². The Morgan fingerprint density at radius 2 is 1.90 bits per heavy atom. The fourth-order valence-electron chi connectivity index (χ4n) is 1.76. The van der Waals surface area contributed by atoms with Crippen molar-refractivity contribution in [2.75, 3.05) is 13.2 Å². The van der Waals surface area contributed by atoms with Crippen LogP contribution in [0.1, 0.15) is 25.0 Å². The second kappa shape index (κ2) is 6.91. The highest BCUT2D eigenvalue weighted by atomic mass is 32.2. The summed E-state index contributed by atoms with van der Waals surface area (Å²) in [6.45, 7) is 7.74. The van der Waals surface area contributed by atoms with E-state index in [1.807, 2.05) is 13.8 Å². The fraction of sp³-hybridized carbons (Fsp3) is 0.500. The van der Waals surface area contributed by atoms with Crippen LogP contribution in [0.5, 0.6) is 5.75 Å². The summed E-state index contributed by atoms with van der Waals surface area (Å²) in [5.74, 6) is 0.484. The maximum absolute atomic E-state index is 11.4. The number of rotatable bonds is 6. The van der Waals surface area contributed by atoms with Crippen LogP contribution in [0.4, 0.5) is 0 Å². The summed E-state index contributed by atoms with van der Waals surface area (Å²) >= 11 is 0. The van der Waals surface area contributed by atoms with Crippen LogP contribution in [0.3, 0.4) is 0 Å². The largest absolute Gasteiger partial charge is 0.491 e. The van der Waals surface area contributed by atoms with Crippen molar-refractivity contribution in [3.8, 4) is 5.75 Å². The van der Waals surface area contributed by atoms with E-state index in [4.69, 9.17) is 9.88 Å². The molecule has 0 saturated heterocycles. The molecule has 0 saturated carbocycles. The van der Waals surface area contributed by atoms with Crippen molar-refractivity contribution in [2.24, 2.45) is 11.1 Å². The third-order valence-corrected chi connectivity index (χ3v) is 4.02. The number of sulfonamides is 1. The Kier molecular flexibility index (Phi) is 5.74. The highest BCUT2D eigenvalue weighted by Gasteiger charge is 2.14. The Hall–Kier alpha value is -1.60. The normalized spacial score (nSPS) is 11.5. The first kappa shape index (κ1) is 17.5. The molecule has 0 heterocycles. The Bertz CT molecular complexity index is 624. The predicted octanol–water partition coefficient (Wildman–Crippen LogP) is 1.10. The SMILES string of the molecule is Cc1cc(S(N)(=O)=O)c(C)cc1OCCNC(=O)C(C)C. The van der Waals surface area contributed by atoms with E-state index in [1.54, 1.807) is 19.9 Å². The number of hydrogen-bond acceptors (Lipinski definition) is 4. The van der Waals surface area contributed by atoms with Crippen molar-refractivity contribution in [3.63, 3.8) is 0 Å². The summed E-state index contributed by atoms with van der Waals surface area (Å²) in [5.41, 5.74) is 1.21. The quantitative estimate of drug-likeness (QED) is 0.768. The number of primary sulfonamides is 1. The van der Waals surface area contributed by atoms with E-state index in [9.17, 15) is 13.2 Å². The van der Waals surface area contributed by atoms with Gasteiger partial charge in [-0.25, -0.2) is 13.6 Å². The van der Waals surface area contributed by atoms with Gasteiger partial charge in [-0.05, 0) is 37.1 Å². The number of carbonyl (C=O) groups excluding carboxylic acids is 1. The first-order valence-corrected chi connectivity index (χ1v) is 8.22. The van der Waals surface area contributed by atoms with Gasteiger partial charge in [-0.1, -0.05) is 13.8 Å². The molecule has 0 bridgehead atoms. The fourth-order valence-corrected chi connectivity index (χ4v) is 2.61. The summed E-state index contributed by atoms with van der Waals surface area (Å²) in [4.78, 5) is 11.5. The lowest BCUT2D eigenvalue weighted by Crippen LogP contribution is -2.31. The molecule has 0 aliphatic carbocycles. The van der Waals surface area contributed by atoms with Gasteiger partial charge < -0.3 is 10.1 Å². The second-order valence-corrected chi connectivity index (χ2v) is 6.75. The molecular formula is C14H22N2O4S. The van der Waals surface area contributed by atoms with Gasteiger partial charge in [0.25, 0.3) is 0 Å². The minimum atomic E-state index is -3.73. The Balaban J connectivity index is 2.70. The van der Waals surface area contributed by atoms with Crippen LogP contribution in [-0.2, 0) is 14.8 Å². The first-order chi connectivity index (χ1) is 9.62. The van der Waals surface area contributed by atoms with Crippen molar-refractivity contribution in [1.29, 1.82) is 0 Å². The maximum atomic E-state index is 11.4. The number of aryl methyl sites for hydroxylation is 2. The summed E-state index contributed by atoms with van der Waals surface area (Å²) < 4.78 is 28.4. The van der Waals surface area contributed by atoms with Gasteiger partial charge in [-0.3, -0.25) is 4.79 Å². The summed E-state index contributed by atoms with van der Waals surface area (Å²) in [5, 5.41) is 7.89. The molecule has 1 rings (SSSR count). The lowest BCUT2D eigenvalue weighted by Gasteiger charge is -2.13. The van der Waals surface area contributed by atoms with Crippen LogP contribution in [0, 0.1) is 19.8 Å². The maximum Gasteiger partial charge on any atom is 0.238 e. The molecule has 0 aromatic heterocycles. The average molecular weight is 314 g/mol. The van der Waals surface area contributed by atoms with Crippen molar-refractivity contribution in [3.05, 3.63) is 23.3 Å². The standard InChI is InChI=1S/C14H22N2O4S/c1-9(2)14(17)16-5-6-20-12-7-11(4)13(8-10(12)3)21(15,18)19/h7-9H,5-6H2,1-4H3,(H,16,17)(H2,15,18,19). The number of benzene rings is 1. The highest BCUT2D eigenvalue weighted by Crippen LogP contribution is 2.25. The zero-order valence-electron chi connectivity index (χ0n) is 12.8. The molecule has 21 heavy (non-hydrogen) atoms. The van der Waals surface area contributed by atoms with E-state index < -0.39 is 10.0 Å². The zero-order chi connectivity index (χ0) is 16.2. The monoisotopic (exact) mass is 314 g/mol. The summed E-state index contributed by atoms with van der Waals surface area (Å²) in [7, 11) is -3.73. The van der Waals surface area contributed by atoms with E-state index in [0.29, 0.717) is 30.0 Å². The van der Waals surface area contributed by atoms with Crippen molar-refractivity contribution < 1.29 is 17.9 Å². The van der Waals surface area contributed by atoms with E-state index >= 15 is 0 Å². The van der Waals surface area contributed by atoms with Gasteiger partial charge in [0.15, 0.2) is 0 Å². The molecule has 1 amide bonds. The molecule has 0 aliphatic rings. The molecule has 0 aliphatic heterocycles. The summed E-state index contributed by atoms with van der Waals surface area (Å²) in [6.07, 6.45) is 0. The van der Waals surface area contributed by atoms with Crippen LogP contribution >= 0.6 is 0 Å². The van der Waals surface area contributed by atoms with Gasteiger partial charge in [0, 0.05) is 5.92 Å². The molecule has 0 fully saturated rings. The third-order valence-electron chi connectivity index (χ3n) is 2.96. The molecule has 0 unspecified atom stereocenters. The first-order valence-electron chi connectivity index (χ1n) is 6.67. The molecule has 1 aromatic carbocycles. The second-order valence-electron chi connectivity index (χ2n) is 5.22. The topological polar surface area (TPSA) is 98.5 Å². The zero-order valence-corrected chi connectivity index (χ0v) is 13.6. The number of amides is 1. The van der Waals surface area contributed by atoms with Gasteiger partial charge in [-0.2, -0.15) is 0 Å². The smallest absolute Gasteiger partial charge is 0.238 e. The minimum absolute atomic E-state index is 0.0314. The van der Waals surface area contributed by atoms with Crippen molar-refractivity contribution in [1.82, 2.24) is 5.32 Å². The van der Waals surface area contributed by atoms with Gasteiger partial charge in [0.05, 0.1) is 11.4 Å².